The van der Waals surface area contributed by atoms with E-state index in [2.05, 4.69) is 29.5 Å². The smallest absolute Gasteiger partial charge is 0.191 e. The summed E-state index contributed by atoms with van der Waals surface area (Å²) in [6, 6.07) is 5.77. The summed E-state index contributed by atoms with van der Waals surface area (Å²) in [5.74, 6) is 0.780. The molecule has 1 heterocycles. The summed E-state index contributed by atoms with van der Waals surface area (Å²) in [5.41, 5.74) is 1.01. The van der Waals surface area contributed by atoms with Crippen molar-refractivity contribution in [1.29, 1.82) is 0 Å². The number of hydrogen-bond acceptors (Lipinski definition) is 3. The number of aliphatic imine (C=N–C) groups is 1. The number of ether oxygens (including phenoxy) is 2. The predicted octanol–water partition coefficient (Wildman–Crippen LogP) is 3.63. The van der Waals surface area contributed by atoms with Gasteiger partial charge >= 0.3 is 0 Å². The third-order valence-corrected chi connectivity index (χ3v) is 5.22. The highest BCUT2D eigenvalue weighted by molar-refractivity contribution is 6.42. The molecule has 1 fully saturated rings. The molecule has 146 valence electrons. The van der Waals surface area contributed by atoms with E-state index in [1.165, 1.54) is 0 Å². The Morgan fingerprint density at radius 1 is 1.31 bits per heavy atom. The van der Waals surface area contributed by atoms with Crippen molar-refractivity contribution >= 4 is 29.2 Å². The van der Waals surface area contributed by atoms with Gasteiger partial charge in [0.15, 0.2) is 5.96 Å². The van der Waals surface area contributed by atoms with Gasteiger partial charge < -0.3 is 20.1 Å². The molecule has 1 aliphatic heterocycles. The van der Waals surface area contributed by atoms with E-state index < -0.39 is 0 Å². The van der Waals surface area contributed by atoms with Crippen LogP contribution in [0.2, 0.25) is 10.0 Å². The van der Waals surface area contributed by atoms with E-state index >= 15 is 0 Å². The Balaban J connectivity index is 1.72. The average Bonchev–Trinajstić information content (AvgIpc) is 3.13. The summed E-state index contributed by atoms with van der Waals surface area (Å²) >= 11 is 12.2. The fraction of sp³-hybridized carbons (Fsp3) is 0.632. The SMILES string of the molecule is CN=C(NCCCOC1CCOC1)NCC(C)(C)c1ccc(Cl)c(Cl)c1. The van der Waals surface area contributed by atoms with Crippen molar-refractivity contribution < 1.29 is 9.47 Å². The Hall–Kier alpha value is -1.01. The Labute approximate surface area is 166 Å². The molecule has 0 bridgehead atoms. The van der Waals surface area contributed by atoms with E-state index in [0.717, 1.165) is 57.3 Å². The van der Waals surface area contributed by atoms with Gasteiger partial charge in [0.25, 0.3) is 0 Å². The van der Waals surface area contributed by atoms with Gasteiger partial charge in [-0.2, -0.15) is 0 Å². The monoisotopic (exact) mass is 401 g/mol. The minimum atomic E-state index is -0.114. The molecule has 1 unspecified atom stereocenters. The van der Waals surface area contributed by atoms with Crippen LogP contribution in [0.4, 0.5) is 0 Å². The molecule has 7 heteroatoms. The first-order valence-electron chi connectivity index (χ1n) is 9.02. The van der Waals surface area contributed by atoms with Crippen LogP contribution in [-0.4, -0.2) is 52.0 Å². The van der Waals surface area contributed by atoms with E-state index in [9.17, 15) is 0 Å². The fourth-order valence-electron chi connectivity index (χ4n) is 2.72. The molecule has 0 radical (unpaired) electrons. The molecule has 0 amide bonds. The van der Waals surface area contributed by atoms with E-state index in [1.807, 2.05) is 18.2 Å². The van der Waals surface area contributed by atoms with Crippen LogP contribution in [0, 0.1) is 0 Å². The summed E-state index contributed by atoms with van der Waals surface area (Å²) in [6.45, 7) is 8.11. The molecule has 5 nitrogen and oxygen atoms in total. The van der Waals surface area contributed by atoms with Gasteiger partial charge in [0.05, 0.1) is 22.8 Å². The van der Waals surface area contributed by atoms with Crippen molar-refractivity contribution in [1.82, 2.24) is 10.6 Å². The molecular formula is C19H29Cl2N3O2. The quantitative estimate of drug-likeness (QED) is 0.396. The van der Waals surface area contributed by atoms with Crippen LogP contribution in [-0.2, 0) is 14.9 Å². The van der Waals surface area contributed by atoms with Crippen molar-refractivity contribution in [2.75, 3.05) is 40.0 Å². The molecule has 0 aromatic heterocycles. The lowest BCUT2D eigenvalue weighted by molar-refractivity contribution is 0.0420. The lowest BCUT2D eigenvalue weighted by Crippen LogP contribution is -2.43. The lowest BCUT2D eigenvalue weighted by Gasteiger charge is -2.27. The van der Waals surface area contributed by atoms with Crippen LogP contribution in [0.25, 0.3) is 0 Å². The number of nitrogens with zero attached hydrogens (tertiary/aromatic N) is 1. The van der Waals surface area contributed by atoms with Gasteiger partial charge in [0, 0.05) is 38.8 Å². The second kappa shape index (κ2) is 10.4. The first-order valence-corrected chi connectivity index (χ1v) is 9.77. The van der Waals surface area contributed by atoms with Crippen LogP contribution >= 0.6 is 23.2 Å². The molecule has 2 N–H and O–H groups in total. The molecule has 1 aliphatic rings. The van der Waals surface area contributed by atoms with Crippen molar-refractivity contribution in [3.63, 3.8) is 0 Å². The zero-order valence-corrected chi connectivity index (χ0v) is 17.3. The molecule has 26 heavy (non-hydrogen) atoms. The van der Waals surface area contributed by atoms with Gasteiger partial charge in [0.1, 0.15) is 0 Å². The third-order valence-electron chi connectivity index (χ3n) is 4.48. The number of nitrogens with one attached hydrogen (secondary N) is 2. The highest BCUT2D eigenvalue weighted by Gasteiger charge is 2.22. The Morgan fingerprint density at radius 2 is 2.12 bits per heavy atom. The van der Waals surface area contributed by atoms with Crippen molar-refractivity contribution in [2.24, 2.45) is 4.99 Å². The van der Waals surface area contributed by atoms with Crippen LogP contribution in [0.3, 0.4) is 0 Å². The third kappa shape index (κ3) is 6.62. The molecule has 1 aromatic carbocycles. The van der Waals surface area contributed by atoms with E-state index in [4.69, 9.17) is 32.7 Å². The van der Waals surface area contributed by atoms with Gasteiger partial charge in [0.2, 0.25) is 0 Å². The molecule has 1 aromatic rings. The Morgan fingerprint density at radius 3 is 2.77 bits per heavy atom. The molecule has 0 aliphatic carbocycles. The van der Waals surface area contributed by atoms with Crippen molar-refractivity contribution in [3.8, 4) is 0 Å². The largest absolute Gasteiger partial charge is 0.379 e. The Bertz CT molecular complexity index is 602. The second-order valence-electron chi connectivity index (χ2n) is 7.08. The second-order valence-corrected chi connectivity index (χ2v) is 7.89. The van der Waals surface area contributed by atoms with Crippen molar-refractivity contribution in [3.05, 3.63) is 33.8 Å². The highest BCUT2D eigenvalue weighted by Crippen LogP contribution is 2.29. The standard InChI is InChI=1S/C19H29Cl2N3O2/c1-19(2,14-5-6-16(20)17(21)11-14)13-24-18(22-3)23-8-4-9-26-15-7-10-25-12-15/h5-6,11,15H,4,7-10,12-13H2,1-3H3,(H2,22,23,24). The molecular weight excluding hydrogens is 373 g/mol. The number of halogens is 2. The van der Waals surface area contributed by atoms with E-state index in [-0.39, 0.29) is 11.5 Å². The number of guanidine groups is 1. The topological polar surface area (TPSA) is 54.9 Å². The zero-order valence-electron chi connectivity index (χ0n) is 15.8. The van der Waals surface area contributed by atoms with E-state index in [1.54, 1.807) is 7.05 Å². The van der Waals surface area contributed by atoms with Crippen LogP contribution in [0.15, 0.2) is 23.2 Å². The molecule has 1 saturated heterocycles. The molecule has 0 spiro atoms. The fourth-order valence-corrected chi connectivity index (χ4v) is 3.02. The minimum absolute atomic E-state index is 0.114. The van der Waals surface area contributed by atoms with Crippen LogP contribution in [0.5, 0.6) is 0 Å². The Kier molecular flexibility index (Phi) is 8.48. The number of benzene rings is 1. The van der Waals surface area contributed by atoms with Gasteiger partial charge in [-0.3, -0.25) is 4.99 Å². The summed E-state index contributed by atoms with van der Waals surface area (Å²) in [4.78, 5) is 4.28. The maximum absolute atomic E-state index is 6.15. The molecule has 0 saturated carbocycles. The number of rotatable bonds is 8. The predicted molar refractivity (Wildman–Crippen MR) is 109 cm³/mol. The maximum atomic E-state index is 6.15. The van der Waals surface area contributed by atoms with E-state index in [0.29, 0.717) is 10.0 Å². The summed E-state index contributed by atoms with van der Waals surface area (Å²) in [7, 11) is 1.77. The van der Waals surface area contributed by atoms with Crippen LogP contribution in [0.1, 0.15) is 32.3 Å². The van der Waals surface area contributed by atoms with Gasteiger partial charge in [-0.1, -0.05) is 43.1 Å². The number of hydrogen-bond donors (Lipinski definition) is 2. The average molecular weight is 402 g/mol. The van der Waals surface area contributed by atoms with Gasteiger partial charge in [-0.05, 0) is 30.5 Å². The summed E-state index contributed by atoms with van der Waals surface area (Å²) < 4.78 is 11.1. The maximum Gasteiger partial charge on any atom is 0.191 e. The summed E-state index contributed by atoms with van der Waals surface area (Å²) in [5, 5.41) is 7.84. The first kappa shape index (κ1) is 21.3. The minimum Gasteiger partial charge on any atom is -0.379 e. The van der Waals surface area contributed by atoms with Crippen LogP contribution < -0.4 is 10.6 Å². The zero-order chi connectivity index (χ0) is 19.0. The van der Waals surface area contributed by atoms with Gasteiger partial charge in [-0.15, -0.1) is 0 Å². The molecule has 2 rings (SSSR count). The van der Waals surface area contributed by atoms with Gasteiger partial charge in [-0.25, -0.2) is 0 Å². The molecule has 1 atom stereocenters. The van der Waals surface area contributed by atoms with Crippen molar-refractivity contribution in [2.45, 2.75) is 38.2 Å². The summed E-state index contributed by atoms with van der Waals surface area (Å²) in [6.07, 6.45) is 2.19. The normalized spacial score (nSPS) is 18.2. The lowest BCUT2D eigenvalue weighted by atomic mass is 9.84. The first-order chi connectivity index (χ1) is 12.4. The highest BCUT2D eigenvalue weighted by atomic mass is 35.5.